The van der Waals surface area contributed by atoms with Crippen LogP contribution in [0.3, 0.4) is 0 Å². The van der Waals surface area contributed by atoms with E-state index in [2.05, 4.69) is 26.7 Å². The van der Waals surface area contributed by atoms with Crippen molar-refractivity contribution in [1.29, 1.82) is 0 Å². The number of hydrogen-bond acceptors (Lipinski definition) is 6. The zero-order valence-corrected chi connectivity index (χ0v) is 12.6. The van der Waals surface area contributed by atoms with E-state index in [9.17, 15) is 8.42 Å². The minimum absolute atomic E-state index is 0.103. The molecule has 0 amide bonds. The maximum absolute atomic E-state index is 11.9. The van der Waals surface area contributed by atoms with Crippen LogP contribution in [0.4, 0.5) is 11.4 Å². The molecule has 8 heteroatoms. The fourth-order valence-electron chi connectivity index (χ4n) is 1.43. The lowest BCUT2D eigenvalue weighted by molar-refractivity contribution is 0.589. The third-order valence-electron chi connectivity index (χ3n) is 2.48. The molecule has 0 atom stereocenters. The van der Waals surface area contributed by atoms with Gasteiger partial charge >= 0.3 is 0 Å². The van der Waals surface area contributed by atoms with Gasteiger partial charge in [0.25, 0.3) is 0 Å². The van der Waals surface area contributed by atoms with Crippen molar-refractivity contribution in [2.24, 2.45) is 4.99 Å². The average molecular weight is 309 g/mol. The Bertz CT molecular complexity index is 638. The lowest BCUT2D eigenvalue weighted by Gasteiger charge is -2.10. The molecule has 0 saturated heterocycles. The molecular weight excluding hydrogens is 290 g/mol. The predicted octanol–water partition coefficient (Wildman–Crippen LogP) is 1.11. The normalized spacial score (nSPS) is 12.3. The van der Waals surface area contributed by atoms with Gasteiger partial charge in [-0.2, -0.15) is 0 Å². The first-order valence-electron chi connectivity index (χ1n) is 6.21. The topological polar surface area (TPSA) is 109 Å². The Morgan fingerprint density at radius 3 is 2.95 bits per heavy atom. The smallest absolute Gasteiger partial charge is 0.234 e. The largest absolute Gasteiger partial charge is 0.397 e. The Kier molecular flexibility index (Phi) is 6.41. The highest BCUT2D eigenvalue weighted by atomic mass is 32.2. The summed E-state index contributed by atoms with van der Waals surface area (Å²) in [6.07, 6.45) is 7.68. The molecule has 1 rings (SSSR count). The lowest BCUT2D eigenvalue weighted by atomic mass is 10.3. The number of hydrogen-bond donors (Lipinski definition) is 3. The summed E-state index contributed by atoms with van der Waals surface area (Å²) in [4.78, 5) is 7.44. The van der Waals surface area contributed by atoms with Crippen molar-refractivity contribution >= 4 is 28.1 Å². The highest BCUT2D eigenvalue weighted by molar-refractivity contribution is 7.89. The summed E-state index contributed by atoms with van der Waals surface area (Å²) in [6, 6.07) is 1.64. The monoisotopic (exact) mass is 309 g/mol. The van der Waals surface area contributed by atoms with Crippen molar-refractivity contribution < 1.29 is 8.42 Å². The van der Waals surface area contributed by atoms with Gasteiger partial charge in [0.2, 0.25) is 10.0 Å². The highest BCUT2D eigenvalue weighted by Crippen LogP contribution is 2.14. The molecule has 0 aliphatic heterocycles. The van der Waals surface area contributed by atoms with Gasteiger partial charge in [0, 0.05) is 24.6 Å². The quantitative estimate of drug-likeness (QED) is 0.492. The van der Waals surface area contributed by atoms with E-state index in [0.717, 1.165) is 0 Å². The van der Waals surface area contributed by atoms with Gasteiger partial charge in [-0.25, -0.2) is 8.42 Å². The SMILES string of the molecule is C=N/C=C\C(=C/C)NS(=O)(=O)CCNc1cnccc1N. The van der Waals surface area contributed by atoms with Crippen LogP contribution >= 0.6 is 0 Å². The molecule has 0 aliphatic carbocycles. The van der Waals surface area contributed by atoms with Crippen LogP contribution < -0.4 is 15.8 Å². The second-order valence-corrected chi connectivity index (χ2v) is 5.89. The van der Waals surface area contributed by atoms with Gasteiger partial charge in [-0.1, -0.05) is 6.08 Å². The van der Waals surface area contributed by atoms with E-state index in [1.54, 1.807) is 31.5 Å². The predicted molar refractivity (Wildman–Crippen MR) is 86.5 cm³/mol. The number of aliphatic imine (C=N–C) groups is 1. The Hall–Kier alpha value is -2.35. The van der Waals surface area contributed by atoms with Crippen LogP contribution in [0.5, 0.6) is 0 Å². The van der Waals surface area contributed by atoms with Crippen molar-refractivity contribution in [3.63, 3.8) is 0 Å². The summed E-state index contributed by atoms with van der Waals surface area (Å²) >= 11 is 0. The Morgan fingerprint density at radius 2 is 2.33 bits per heavy atom. The first kappa shape index (κ1) is 16.7. The number of allylic oxidation sites excluding steroid dienone is 2. The molecule has 1 aromatic rings. The number of nitrogen functional groups attached to an aromatic ring is 1. The number of nitrogens with two attached hydrogens (primary N) is 1. The van der Waals surface area contributed by atoms with Crippen LogP contribution in [0.2, 0.25) is 0 Å². The van der Waals surface area contributed by atoms with Crippen LogP contribution in [-0.2, 0) is 10.0 Å². The summed E-state index contributed by atoms with van der Waals surface area (Å²) in [5, 5.41) is 2.93. The standard InChI is InChI=1S/C13H19N5O2S/c1-3-11(4-6-15-2)18-21(19,20)9-8-17-13-10-16-7-5-12(13)14/h3-7,10,17-18H,2,8-9H2,1H3,(H2,14,16)/b6-4-,11-3+. The molecule has 0 bridgehead atoms. The Labute approximate surface area is 124 Å². The number of anilines is 2. The Morgan fingerprint density at radius 1 is 1.57 bits per heavy atom. The van der Waals surface area contributed by atoms with Gasteiger partial charge in [-0.05, 0) is 25.8 Å². The molecule has 4 N–H and O–H groups in total. The molecule has 0 spiro atoms. The van der Waals surface area contributed by atoms with Gasteiger partial charge in [-0.3, -0.25) is 14.7 Å². The van der Waals surface area contributed by atoms with Crippen LogP contribution in [-0.4, -0.2) is 32.4 Å². The van der Waals surface area contributed by atoms with Crippen molar-refractivity contribution in [2.75, 3.05) is 23.3 Å². The van der Waals surface area contributed by atoms with E-state index in [1.807, 2.05) is 0 Å². The molecule has 0 saturated carbocycles. The fourth-order valence-corrected chi connectivity index (χ4v) is 2.44. The lowest BCUT2D eigenvalue weighted by Crippen LogP contribution is -2.28. The molecule has 0 unspecified atom stereocenters. The van der Waals surface area contributed by atoms with E-state index in [0.29, 0.717) is 17.1 Å². The molecule has 7 nitrogen and oxygen atoms in total. The zero-order chi connectivity index (χ0) is 15.7. The van der Waals surface area contributed by atoms with Crippen LogP contribution in [0.25, 0.3) is 0 Å². The highest BCUT2D eigenvalue weighted by Gasteiger charge is 2.10. The summed E-state index contributed by atoms with van der Waals surface area (Å²) < 4.78 is 26.3. The molecule has 1 heterocycles. The average Bonchev–Trinajstić information content (AvgIpc) is 2.45. The summed E-state index contributed by atoms with van der Waals surface area (Å²) in [7, 11) is -3.46. The number of pyridine rings is 1. The molecular formula is C13H19N5O2S. The fraction of sp³-hybridized carbons (Fsp3) is 0.231. The zero-order valence-electron chi connectivity index (χ0n) is 11.8. The van der Waals surface area contributed by atoms with E-state index in [-0.39, 0.29) is 12.3 Å². The van der Waals surface area contributed by atoms with Crippen LogP contribution in [0, 0.1) is 0 Å². The van der Waals surface area contributed by atoms with E-state index in [1.165, 1.54) is 12.3 Å². The van der Waals surface area contributed by atoms with Gasteiger partial charge < -0.3 is 11.1 Å². The maximum atomic E-state index is 11.9. The molecule has 0 aromatic carbocycles. The number of aromatic nitrogens is 1. The summed E-state index contributed by atoms with van der Waals surface area (Å²) in [5.74, 6) is -0.103. The van der Waals surface area contributed by atoms with Gasteiger partial charge in [0.05, 0.1) is 23.3 Å². The molecule has 1 aromatic heterocycles. The molecule has 114 valence electrons. The minimum atomic E-state index is -3.46. The summed E-state index contributed by atoms with van der Waals surface area (Å²) in [6.45, 7) is 5.22. The second kappa shape index (κ2) is 8.05. The third kappa shape index (κ3) is 6.09. The molecule has 21 heavy (non-hydrogen) atoms. The summed E-state index contributed by atoms with van der Waals surface area (Å²) in [5.41, 5.74) is 7.28. The van der Waals surface area contributed by atoms with Crippen molar-refractivity contribution in [2.45, 2.75) is 6.92 Å². The van der Waals surface area contributed by atoms with Crippen molar-refractivity contribution in [3.05, 3.63) is 42.5 Å². The molecule has 0 aliphatic rings. The van der Waals surface area contributed by atoms with Gasteiger partial charge in [0.15, 0.2) is 0 Å². The van der Waals surface area contributed by atoms with Crippen molar-refractivity contribution in [3.8, 4) is 0 Å². The molecule has 0 radical (unpaired) electrons. The molecule has 0 fully saturated rings. The second-order valence-electron chi connectivity index (χ2n) is 4.05. The Balaban J connectivity index is 2.55. The number of sulfonamides is 1. The number of nitrogens with one attached hydrogen (secondary N) is 2. The van der Waals surface area contributed by atoms with E-state index >= 15 is 0 Å². The maximum Gasteiger partial charge on any atom is 0.234 e. The van der Waals surface area contributed by atoms with Gasteiger partial charge in [-0.15, -0.1) is 0 Å². The van der Waals surface area contributed by atoms with E-state index < -0.39 is 10.0 Å². The van der Waals surface area contributed by atoms with Crippen LogP contribution in [0.15, 0.2) is 47.5 Å². The van der Waals surface area contributed by atoms with Gasteiger partial charge in [0.1, 0.15) is 0 Å². The third-order valence-corrected chi connectivity index (χ3v) is 3.77. The van der Waals surface area contributed by atoms with Crippen molar-refractivity contribution in [1.82, 2.24) is 9.71 Å². The first-order valence-corrected chi connectivity index (χ1v) is 7.86. The first-order chi connectivity index (χ1) is 9.98. The minimum Gasteiger partial charge on any atom is -0.397 e. The van der Waals surface area contributed by atoms with E-state index in [4.69, 9.17) is 5.73 Å². The number of nitrogens with zero attached hydrogens (tertiary/aromatic N) is 2. The van der Waals surface area contributed by atoms with Crippen LogP contribution in [0.1, 0.15) is 6.92 Å². The number of rotatable bonds is 8.